The average molecular weight is 238 g/mol. The Bertz CT molecular complexity index is 391. The summed E-state index contributed by atoms with van der Waals surface area (Å²) >= 11 is 1.65. The third-order valence-corrected chi connectivity index (χ3v) is 2.91. The molecule has 0 spiro atoms. The van der Waals surface area contributed by atoms with Crippen LogP contribution in [0.4, 0.5) is 0 Å². The number of aromatic nitrogens is 2. The molecule has 1 heterocycles. The third-order valence-electron chi connectivity index (χ3n) is 1.81. The van der Waals surface area contributed by atoms with Gasteiger partial charge < -0.3 is 10.3 Å². The first-order valence-electron chi connectivity index (χ1n) is 4.76. The van der Waals surface area contributed by atoms with Gasteiger partial charge in [0.15, 0.2) is 6.19 Å². The van der Waals surface area contributed by atoms with Crippen molar-refractivity contribution in [2.45, 2.75) is 11.9 Å². The smallest absolute Gasteiger partial charge is 0.204 e. The van der Waals surface area contributed by atoms with Crippen molar-refractivity contribution in [3.8, 4) is 6.19 Å². The van der Waals surface area contributed by atoms with Crippen molar-refractivity contribution in [3.05, 3.63) is 12.0 Å². The lowest BCUT2D eigenvalue weighted by Crippen LogP contribution is -2.35. The molecule has 0 unspecified atom stereocenters. The summed E-state index contributed by atoms with van der Waals surface area (Å²) in [7, 11) is 1.62. The Morgan fingerprint density at radius 1 is 1.75 bits per heavy atom. The zero-order valence-corrected chi connectivity index (χ0v) is 10.1. The molecular formula is C9H14N6S. The molecule has 0 saturated carbocycles. The lowest BCUT2D eigenvalue weighted by molar-refractivity contribution is 0.929. The summed E-state index contributed by atoms with van der Waals surface area (Å²) in [5, 5.41) is 14.9. The highest BCUT2D eigenvalue weighted by molar-refractivity contribution is 7.99. The average Bonchev–Trinajstić information content (AvgIpc) is 2.69. The van der Waals surface area contributed by atoms with Crippen molar-refractivity contribution in [2.24, 2.45) is 4.99 Å². The topological polar surface area (TPSA) is 88.9 Å². The largest absolute Gasteiger partial charge is 0.355 e. The molecule has 0 bridgehead atoms. The Kier molecular flexibility index (Phi) is 5.22. The molecule has 0 radical (unpaired) electrons. The number of H-pyrrole nitrogens is 1. The van der Waals surface area contributed by atoms with Gasteiger partial charge in [-0.25, -0.2) is 4.98 Å². The van der Waals surface area contributed by atoms with E-state index in [0.717, 1.165) is 23.0 Å². The van der Waals surface area contributed by atoms with E-state index in [1.54, 1.807) is 25.1 Å². The number of rotatable bonds is 4. The van der Waals surface area contributed by atoms with E-state index in [0.29, 0.717) is 5.96 Å². The van der Waals surface area contributed by atoms with Gasteiger partial charge in [0.05, 0.1) is 6.33 Å². The van der Waals surface area contributed by atoms with Crippen LogP contribution in [-0.2, 0) is 0 Å². The van der Waals surface area contributed by atoms with E-state index < -0.39 is 0 Å². The Hall–Kier alpha value is -1.68. The molecule has 1 rings (SSSR count). The van der Waals surface area contributed by atoms with Crippen LogP contribution in [-0.4, -0.2) is 35.3 Å². The standard InChI is InChI=1S/C9H14N6S/c1-7-8(15-6-14-7)16-4-3-12-9(11-2)13-5-10/h6H,3-4H2,1-2H3,(H,14,15)(H2,11,12,13). The second-order valence-electron chi connectivity index (χ2n) is 2.92. The lowest BCUT2D eigenvalue weighted by atomic mass is 10.6. The summed E-state index contributed by atoms with van der Waals surface area (Å²) in [5.74, 6) is 1.35. The number of guanidine groups is 1. The predicted molar refractivity (Wildman–Crippen MR) is 64.2 cm³/mol. The van der Waals surface area contributed by atoms with Gasteiger partial charge in [-0.15, -0.1) is 11.8 Å². The van der Waals surface area contributed by atoms with Crippen molar-refractivity contribution in [1.82, 2.24) is 20.6 Å². The summed E-state index contributed by atoms with van der Waals surface area (Å²) < 4.78 is 0. The number of nitrogens with one attached hydrogen (secondary N) is 3. The van der Waals surface area contributed by atoms with E-state index in [4.69, 9.17) is 5.26 Å². The van der Waals surface area contributed by atoms with E-state index in [1.165, 1.54) is 0 Å². The lowest BCUT2D eigenvalue weighted by Gasteiger charge is -2.05. The molecule has 0 aliphatic carbocycles. The minimum atomic E-state index is 0.488. The molecule has 0 aromatic carbocycles. The highest BCUT2D eigenvalue weighted by Gasteiger charge is 2.01. The normalized spacial score (nSPS) is 10.9. The zero-order chi connectivity index (χ0) is 11.8. The molecule has 3 N–H and O–H groups in total. The van der Waals surface area contributed by atoms with Crippen molar-refractivity contribution < 1.29 is 0 Å². The van der Waals surface area contributed by atoms with Crippen LogP contribution in [0.25, 0.3) is 0 Å². The number of hydrogen-bond donors (Lipinski definition) is 3. The van der Waals surface area contributed by atoms with Gasteiger partial charge in [-0.3, -0.25) is 10.3 Å². The molecule has 0 aliphatic heterocycles. The van der Waals surface area contributed by atoms with Crippen LogP contribution < -0.4 is 10.6 Å². The summed E-state index contributed by atoms with van der Waals surface area (Å²) in [6.07, 6.45) is 3.50. The minimum absolute atomic E-state index is 0.488. The van der Waals surface area contributed by atoms with E-state index in [9.17, 15) is 0 Å². The first-order chi connectivity index (χ1) is 7.77. The maximum Gasteiger partial charge on any atom is 0.204 e. The number of aromatic amines is 1. The van der Waals surface area contributed by atoms with Gasteiger partial charge in [0.25, 0.3) is 0 Å². The number of nitriles is 1. The second-order valence-corrected chi connectivity index (χ2v) is 4.00. The van der Waals surface area contributed by atoms with Crippen LogP contribution in [0.5, 0.6) is 0 Å². The van der Waals surface area contributed by atoms with Crippen LogP contribution in [0.1, 0.15) is 5.69 Å². The Balaban J connectivity index is 2.22. The van der Waals surface area contributed by atoms with Crippen LogP contribution in [0.2, 0.25) is 0 Å². The van der Waals surface area contributed by atoms with E-state index in [-0.39, 0.29) is 0 Å². The molecule has 0 atom stereocenters. The monoisotopic (exact) mass is 238 g/mol. The van der Waals surface area contributed by atoms with Gasteiger partial charge in [0.2, 0.25) is 5.96 Å². The SMILES string of the molecule is CN=C(NC#N)NCCSc1nc[nH]c1C. The van der Waals surface area contributed by atoms with Gasteiger partial charge in [-0.05, 0) is 6.92 Å². The number of nitrogens with zero attached hydrogens (tertiary/aromatic N) is 3. The quantitative estimate of drug-likeness (QED) is 0.177. The molecule has 16 heavy (non-hydrogen) atoms. The number of imidazole rings is 1. The van der Waals surface area contributed by atoms with Crippen molar-refractivity contribution in [1.29, 1.82) is 5.26 Å². The molecule has 1 aromatic rings. The van der Waals surface area contributed by atoms with E-state index in [1.807, 2.05) is 13.1 Å². The number of hydrogen-bond acceptors (Lipinski definition) is 4. The third kappa shape index (κ3) is 3.82. The fraction of sp³-hybridized carbons (Fsp3) is 0.444. The Morgan fingerprint density at radius 2 is 2.56 bits per heavy atom. The zero-order valence-electron chi connectivity index (χ0n) is 9.24. The van der Waals surface area contributed by atoms with Crippen molar-refractivity contribution in [2.75, 3.05) is 19.3 Å². The fourth-order valence-corrected chi connectivity index (χ4v) is 1.84. The van der Waals surface area contributed by atoms with Crippen LogP contribution in [0.3, 0.4) is 0 Å². The minimum Gasteiger partial charge on any atom is -0.355 e. The summed E-state index contributed by atoms with van der Waals surface area (Å²) in [5.41, 5.74) is 1.07. The molecule has 7 heteroatoms. The van der Waals surface area contributed by atoms with E-state index in [2.05, 4.69) is 25.6 Å². The fourth-order valence-electron chi connectivity index (χ4n) is 1.04. The van der Waals surface area contributed by atoms with Crippen molar-refractivity contribution >= 4 is 17.7 Å². The Labute approximate surface area is 98.6 Å². The molecule has 0 amide bonds. The maximum atomic E-state index is 8.41. The summed E-state index contributed by atoms with van der Waals surface area (Å²) in [6, 6.07) is 0. The number of thioether (sulfide) groups is 1. The van der Waals surface area contributed by atoms with Crippen LogP contribution in [0.15, 0.2) is 16.3 Å². The number of aliphatic imine (C=N–C) groups is 1. The molecule has 0 fully saturated rings. The molecule has 0 saturated heterocycles. The van der Waals surface area contributed by atoms with Gasteiger partial charge in [0, 0.05) is 25.0 Å². The molecule has 86 valence electrons. The summed E-state index contributed by atoms with van der Waals surface area (Å²) in [6.45, 7) is 2.71. The number of aryl methyl sites for hydroxylation is 1. The molecular weight excluding hydrogens is 224 g/mol. The highest BCUT2D eigenvalue weighted by atomic mass is 32.2. The molecule has 0 aliphatic rings. The first kappa shape index (κ1) is 12.4. The van der Waals surface area contributed by atoms with Gasteiger partial charge in [-0.2, -0.15) is 5.26 Å². The van der Waals surface area contributed by atoms with Gasteiger partial charge in [0.1, 0.15) is 5.03 Å². The van der Waals surface area contributed by atoms with Crippen LogP contribution in [0, 0.1) is 18.4 Å². The van der Waals surface area contributed by atoms with Crippen molar-refractivity contribution in [3.63, 3.8) is 0 Å². The van der Waals surface area contributed by atoms with Crippen LogP contribution >= 0.6 is 11.8 Å². The predicted octanol–water partition coefficient (Wildman–Crippen LogP) is 0.456. The first-order valence-corrected chi connectivity index (χ1v) is 5.75. The van der Waals surface area contributed by atoms with E-state index >= 15 is 0 Å². The molecule has 1 aromatic heterocycles. The second kappa shape index (κ2) is 6.74. The maximum absolute atomic E-state index is 8.41. The van der Waals surface area contributed by atoms with Gasteiger partial charge in [-0.1, -0.05) is 0 Å². The molecule has 6 nitrogen and oxygen atoms in total. The highest BCUT2D eigenvalue weighted by Crippen LogP contribution is 2.16. The Morgan fingerprint density at radius 3 is 3.12 bits per heavy atom. The summed E-state index contributed by atoms with van der Waals surface area (Å²) in [4.78, 5) is 11.1. The van der Waals surface area contributed by atoms with Gasteiger partial charge >= 0.3 is 0 Å².